The summed E-state index contributed by atoms with van der Waals surface area (Å²) in [4.78, 5) is 27.2. The normalized spacial score (nSPS) is 25.9. The summed E-state index contributed by atoms with van der Waals surface area (Å²) >= 11 is 0. The van der Waals surface area contributed by atoms with Crippen molar-refractivity contribution in [3.63, 3.8) is 0 Å². The van der Waals surface area contributed by atoms with Crippen LogP contribution in [0.25, 0.3) is 0 Å². The molecule has 0 aromatic rings. The van der Waals surface area contributed by atoms with Crippen molar-refractivity contribution in [1.82, 2.24) is 4.90 Å². The summed E-state index contributed by atoms with van der Waals surface area (Å²) in [6, 6.07) is 0.271. The lowest BCUT2D eigenvalue weighted by Crippen LogP contribution is -2.47. The first-order chi connectivity index (χ1) is 9.65. The van der Waals surface area contributed by atoms with Crippen LogP contribution < -0.4 is 0 Å². The van der Waals surface area contributed by atoms with E-state index in [4.69, 9.17) is 4.74 Å². The van der Waals surface area contributed by atoms with E-state index in [1.807, 2.05) is 6.92 Å². The Morgan fingerprint density at radius 1 is 1.35 bits per heavy atom. The smallest absolute Gasteiger partial charge is 0.343 e. The van der Waals surface area contributed by atoms with Crippen LogP contribution in [0.3, 0.4) is 0 Å². The van der Waals surface area contributed by atoms with E-state index in [9.17, 15) is 9.59 Å². The summed E-state index contributed by atoms with van der Waals surface area (Å²) in [7, 11) is 0. The number of esters is 1. The molecule has 0 aliphatic carbocycles. The topological polar surface area (TPSA) is 46.6 Å². The van der Waals surface area contributed by atoms with Crippen molar-refractivity contribution in [2.75, 3.05) is 13.2 Å². The lowest BCUT2D eigenvalue weighted by Gasteiger charge is -2.40. The van der Waals surface area contributed by atoms with Gasteiger partial charge in [0.15, 0.2) is 5.78 Å². The molecular formula is C16H25NO3. The van der Waals surface area contributed by atoms with Gasteiger partial charge in [-0.1, -0.05) is 20.3 Å². The highest BCUT2D eigenvalue weighted by atomic mass is 16.5. The van der Waals surface area contributed by atoms with E-state index in [0.717, 1.165) is 44.3 Å². The minimum absolute atomic E-state index is 0.0116. The van der Waals surface area contributed by atoms with Crippen LogP contribution >= 0.6 is 0 Å². The zero-order valence-electron chi connectivity index (χ0n) is 12.8. The van der Waals surface area contributed by atoms with E-state index in [0.29, 0.717) is 12.2 Å². The summed E-state index contributed by atoms with van der Waals surface area (Å²) in [5.74, 6) is -0.471. The Morgan fingerprint density at radius 3 is 2.70 bits per heavy atom. The molecule has 112 valence electrons. The van der Waals surface area contributed by atoms with Crippen molar-refractivity contribution in [1.29, 1.82) is 0 Å². The van der Waals surface area contributed by atoms with Gasteiger partial charge in [-0.05, 0) is 32.6 Å². The number of fused-ring (bicyclic) bond motifs is 1. The second-order valence-corrected chi connectivity index (χ2v) is 5.57. The fourth-order valence-corrected chi connectivity index (χ4v) is 3.58. The summed E-state index contributed by atoms with van der Waals surface area (Å²) < 4.78 is 5.10. The highest BCUT2D eigenvalue weighted by molar-refractivity contribution is 6.19. The maximum atomic E-state index is 12.7. The second kappa shape index (κ2) is 6.42. The second-order valence-electron chi connectivity index (χ2n) is 5.57. The average molecular weight is 279 g/mol. The minimum atomic E-state index is -0.423. The van der Waals surface area contributed by atoms with E-state index in [1.165, 1.54) is 0 Å². The molecule has 0 aromatic heterocycles. The highest BCUT2D eigenvalue weighted by Gasteiger charge is 2.44. The predicted octanol–water partition coefficient (Wildman–Crippen LogP) is 2.68. The third-order valence-corrected chi connectivity index (χ3v) is 4.40. The number of Topliss-reactive ketones (excluding diaryl/α,β-unsaturated/α-hetero) is 1. The van der Waals surface area contributed by atoms with Gasteiger partial charge in [-0.15, -0.1) is 0 Å². The molecule has 20 heavy (non-hydrogen) atoms. The maximum Gasteiger partial charge on any atom is 0.343 e. The molecule has 1 saturated heterocycles. The number of ketones is 1. The number of hydrogen-bond donors (Lipinski definition) is 0. The first kappa shape index (κ1) is 15.1. The molecule has 0 spiro atoms. The van der Waals surface area contributed by atoms with Crippen LogP contribution in [0.5, 0.6) is 0 Å². The van der Waals surface area contributed by atoms with Gasteiger partial charge in [0.1, 0.15) is 5.57 Å². The molecule has 0 bridgehead atoms. The maximum absolute atomic E-state index is 12.7. The Hall–Kier alpha value is -1.32. The largest absolute Gasteiger partial charge is 0.462 e. The third kappa shape index (κ3) is 2.48. The molecule has 0 aromatic carbocycles. The summed E-state index contributed by atoms with van der Waals surface area (Å²) in [5, 5.41) is 0. The summed E-state index contributed by atoms with van der Waals surface area (Å²) in [5.41, 5.74) is 1.28. The lowest BCUT2D eigenvalue weighted by atomic mass is 9.81. The Morgan fingerprint density at radius 2 is 2.10 bits per heavy atom. The fraction of sp³-hybridized carbons (Fsp3) is 0.750. The van der Waals surface area contributed by atoms with Crippen LogP contribution in [0, 0.1) is 5.92 Å². The van der Waals surface area contributed by atoms with Crippen LogP contribution in [0.15, 0.2) is 11.3 Å². The molecule has 0 unspecified atom stereocenters. The Bertz CT molecular complexity index is 427. The van der Waals surface area contributed by atoms with Crippen molar-refractivity contribution < 1.29 is 14.3 Å². The van der Waals surface area contributed by atoms with E-state index >= 15 is 0 Å². The van der Waals surface area contributed by atoms with Crippen LogP contribution in [-0.2, 0) is 14.3 Å². The molecule has 4 nitrogen and oxygen atoms in total. The Balaban J connectivity index is 2.40. The molecule has 2 aliphatic rings. The number of carbonyl (C=O) groups excluding carboxylic acids is 2. The van der Waals surface area contributed by atoms with Crippen molar-refractivity contribution >= 4 is 11.8 Å². The SMILES string of the molecule is CCC[C@@H]1[C@H](CC)C(=O)C(C(=O)OCC)=C2CCCN21. The Kier molecular flexibility index (Phi) is 4.84. The first-order valence-electron chi connectivity index (χ1n) is 7.86. The van der Waals surface area contributed by atoms with Crippen molar-refractivity contribution in [3.8, 4) is 0 Å². The van der Waals surface area contributed by atoms with Crippen LogP contribution in [0.4, 0.5) is 0 Å². The van der Waals surface area contributed by atoms with Crippen LogP contribution in [0.1, 0.15) is 52.9 Å². The van der Waals surface area contributed by atoms with Gasteiger partial charge in [0.25, 0.3) is 0 Å². The third-order valence-electron chi connectivity index (χ3n) is 4.40. The number of carbonyl (C=O) groups is 2. The summed E-state index contributed by atoms with van der Waals surface area (Å²) in [6.45, 7) is 7.25. The molecule has 2 rings (SSSR count). The first-order valence-corrected chi connectivity index (χ1v) is 7.86. The molecule has 0 saturated carbocycles. The molecule has 2 aliphatic heterocycles. The van der Waals surface area contributed by atoms with E-state index in [1.54, 1.807) is 6.92 Å². The highest BCUT2D eigenvalue weighted by Crippen LogP contribution is 2.39. The molecule has 4 heteroatoms. The number of nitrogens with zero attached hydrogens (tertiary/aromatic N) is 1. The van der Waals surface area contributed by atoms with Crippen LogP contribution in [-0.4, -0.2) is 35.8 Å². The number of rotatable bonds is 5. The molecule has 0 N–H and O–H groups in total. The van der Waals surface area contributed by atoms with Crippen molar-refractivity contribution in [3.05, 3.63) is 11.3 Å². The van der Waals surface area contributed by atoms with Gasteiger partial charge >= 0.3 is 5.97 Å². The molecule has 1 fully saturated rings. The zero-order valence-corrected chi connectivity index (χ0v) is 12.8. The molecule has 2 heterocycles. The van der Waals surface area contributed by atoms with Crippen LogP contribution in [0.2, 0.25) is 0 Å². The number of allylic oxidation sites excluding steroid dienone is 1. The van der Waals surface area contributed by atoms with Gasteiger partial charge in [0, 0.05) is 24.2 Å². The van der Waals surface area contributed by atoms with E-state index in [-0.39, 0.29) is 17.7 Å². The Labute approximate surface area is 121 Å². The number of hydrogen-bond acceptors (Lipinski definition) is 4. The number of ether oxygens (including phenoxy) is 1. The molecule has 0 amide bonds. The monoisotopic (exact) mass is 279 g/mol. The van der Waals surface area contributed by atoms with Gasteiger partial charge in [-0.2, -0.15) is 0 Å². The quantitative estimate of drug-likeness (QED) is 0.573. The summed E-state index contributed by atoms with van der Waals surface area (Å²) in [6.07, 6.45) is 4.73. The van der Waals surface area contributed by atoms with Gasteiger partial charge in [0.2, 0.25) is 0 Å². The fourth-order valence-electron chi connectivity index (χ4n) is 3.58. The molecule has 0 radical (unpaired) electrons. The van der Waals surface area contributed by atoms with Gasteiger partial charge in [-0.3, -0.25) is 4.79 Å². The van der Waals surface area contributed by atoms with Crippen molar-refractivity contribution in [2.24, 2.45) is 5.92 Å². The van der Waals surface area contributed by atoms with Crippen molar-refractivity contribution in [2.45, 2.75) is 58.9 Å². The van der Waals surface area contributed by atoms with Gasteiger partial charge in [-0.25, -0.2) is 4.79 Å². The standard InChI is InChI=1S/C16H25NO3/c1-4-8-12-11(5-2)15(18)14(16(19)20-6-3)13-9-7-10-17(12)13/h11-12H,4-10H2,1-3H3/t11-,12+/m0/s1. The van der Waals surface area contributed by atoms with E-state index < -0.39 is 5.97 Å². The minimum Gasteiger partial charge on any atom is -0.462 e. The molecular weight excluding hydrogens is 254 g/mol. The van der Waals surface area contributed by atoms with Gasteiger partial charge < -0.3 is 9.64 Å². The average Bonchev–Trinajstić information content (AvgIpc) is 2.88. The lowest BCUT2D eigenvalue weighted by molar-refractivity contribution is -0.141. The van der Waals surface area contributed by atoms with Gasteiger partial charge in [0.05, 0.1) is 6.61 Å². The van der Waals surface area contributed by atoms with E-state index in [2.05, 4.69) is 11.8 Å². The zero-order chi connectivity index (χ0) is 14.7. The predicted molar refractivity (Wildman–Crippen MR) is 77.1 cm³/mol. The molecule has 2 atom stereocenters.